The van der Waals surface area contributed by atoms with Crippen LogP contribution in [0.4, 0.5) is 0 Å². The fraction of sp³-hybridized carbons (Fsp3) is 0.0400. The Hall–Kier alpha value is -6.64. The minimum absolute atomic E-state index is 0.910. The van der Waals surface area contributed by atoms with Crippen LogP contribution in [0.25, 0.3) is 98.4 Å². The SMILES string of the molecule is Cc1cc(-c2ccc3c4c(cccc24)-c2ccccc2O3)c2ccc3c(C)cc(-c4ccc5c6c(cccc46)-c4ccccc4O5)c4ccc1c2c34. The van der Waals surface area contributed by atoms with Gasteiger partial charge in [-0.2, -0.15) is 0 Å². The van der Waals surface area contributed by atoms with Crippen molar-refractivity contribution in [2.24, 2.45) is 0 Å². The fourth-order valence-electron chi connectivity index (χ4n) is 9.42. The minimum atomic E-state index is 0.910. The monoisotopic (exact) mass is 662 g/mol. The Morgan fingerprint density at radius 2 is 0.673 bits per heavy atom. The molecular formula is C50H30O2. The lowest BCUT2D eigenvalue weighted by molar-refractivity contribution is 0.487. The average molecular weight is 663 g/mol. The number of aryl methyl sites for hydroxylation is 2. The highest BCUT2D eigenvalue weighted by Crippen LogP contribution is 2.52. The third-order valence-corrected chi connectivity index (χ3v) is 11.7. The Morgan fingerprint density at radius 3 is 1.15 bits per heavy atom. The first kappa shape index (κ1) is 28.1. The van der Waals surface area contributed by atoms with Crippen LogP contribution in [0.1, 0.15) is 11.1 Å². The zero-order valence-electron chi connectivity index (χ0n) is 28.7. The summed E-state index contributed by atoms with van der Waals surface area (Å²) in [5.41, 5.74) is 12.2. The molecule has 0 aromatic heterocycles. The third-order valence-electron chi connectivity index (χ3n) is 11.7. The van der Waals surface area contributed by atoms with Gasteiger partial charge < -0.3 is 9.47 Å². The Morgan fingerprint density at radius 1 is 0.269 bits per heavy atom. The summed E-state index contributed by atoms with van der Waals surface area (Å²) in [6.07, 6.45) is 0. The first-order valence-corrected chi connectivity index (χ1v) is 18.0. The van der Waals surface area contributed by atoms with Gasteiger partial charge in [-0.3, -0.25) is 0 Å². The normalized spacial score (nSPS) is 12.7. The second-order valence-electron chi connectivity index (χ2n) is 14.4. The average Bonchev–Trinajstić information content (AvgIpc) is 3.19. The lowest BCUT2D eigenvalue weighted by Gasteiger charge is -2.24. The van der Waals surface area contributed by atoms with Crippen LogP contribution in [0.15, 0.2) is 146 Å². The first-order valence-electron chi connectivity index (χ1n) is 18.0. The molecule has 12 rings (SSSR count). The van der Waals surface area contributed by atoms with Gasteiger partial charge in [0.2, 0.25) is 0 Å². The fourth-order valence-corrected chi connectivity index (χ4v) is 9.42. The Kier molecular flexibility index (Phi) is 5.40. The number of ether oxygens (including phenoxy) is 2. The van der Waals surface area contributed by atoms with Crippen LogP contribution in [0.5, 0.6) is 23.0 Å². The highest BCUT2D eigenvalue weighted by atomic mass is 16.5. The van der Waals surface area contributed by atoms with Crippen molar-refractivity contribution >= 4 is 53.9 Å². The van der Waals surface area contributed by atoms with Crippen molar-refractivity contribution < 1.29 is 9.47 Å². The summed E-state index contributed by atoms with van der Waals surface area (Å²) < 4.78 is 13.0. The van der Waals surface area contributed by atoms with Gasteiger partial charge in [-0.05, 0) is 126 Å². The summed E-state index contributed by atoms with van der Waals surface area (Å²) >= 11 is 0. The molecule has 10 aromatic carbocycles. The Bertz CT molecular complexity index is 2990. The van der Waals surface area contributed by atoms with Crippen molar-refractivity contribution in [1.29, 1.82) is 0 Å². The molecule has 2 heterocycles. The van der Waals surface area contributed by atoms with Gasteiger partial charge in [-0.15, -0.1) is 0 Å². The molecule has 10 aromatic rings. The second-order valence-corrected chi connectivity index (χ2v) is 14.4. The van der Waals surface area contributed by atoms with E-state index in [1.165, 1.54) is 98.4 Å². The van der Waals surface area contributed by atoms with Crippen molar-refractivity contribution in [2.45, 2.75) is 13.8 Å². The molecule has 242 valence electrons. The molecule has 0 unspecified atom stereocenters. The molecule has 2 nitrogen and oxygen atoms in total. The van der Waals surface area contributed by atoms with Gasteiger partial charge in [0.25, 0.3) is 0 Å². The maximum Gasteiger partial charge on any atom is 0.135 e. The summed E-state index contributed by atoms with van der Waals surface area (Å²) in [5, 5.41) is 12.6. The van der Waals surface area contributed by atoms with Gasteiger partial charge in [0.05, 0.1) is 0 Å². The van der Waals surface area contributed by atoms with Gasteiger partial charge >= 0.3 is 0 Å². The number of benzene rings is 10. The van der Waals surface area contributed by atoms with Crippen LogP contribution < -0.4 is 9.47 Å². The molecule has 0 saturated heterocycles. The van der Waals surface area contributed by atoms with Crippen molar-refractivity contribution in [3.05, 3.63) is 157 Å². The van der Waals surface area contributed by atoms with Crippen molar-refractivity contribution in [1.82, 2.24) is 0 Å². The van der Waals surface area contributed by atoms with Gasteiger partial charge in [0.15, 0.2) is 0 Å². The lowest BCUT2D eigenvalue weighted by atomic mass is 9.82. The van der Waals surface area contributed by atoms with E-state index in [1.54, 1.807) is 0 Å². The third kappa shape index (κ3) is 3.58. The highest BCUT2D eigenvalue weighted by Gasteiger charge is 2.25. The molecular weight excluding hydrogens is 633 g/mol. The molecule has 0 radical (unpaired) electrons. The van der Waals surface area contributed by atoms with Gasteiger partial charge in [-0.25, -0.2) is 0 Å². The maximum absolute atomic E-state index is 6.48. The van der Waals surface area contributed by atoms with E-state index in [0.717, 1.165) is 34.1 Å². The van der Waals surface area contributed by atoms with E-state index in [0.29, 0.717) is 0 Å². The number of para-hydroxylation sites is 2. The van der Waals surface area contributed by atoms with E-state index in [9.17, 15) is 0 Å². The van der Waals surface area contributed by atoms with Crippen LogP contribution in [0.3, 0.4) is 0 Å². The smallest absolute Gasteiger partial charge is 0.135 e. The molecule has 2 aliphatic rings. The largest absolute Gasteiger partial charge is 0.456 e. The maximum atomic E-state index is 6.48. The van der Waals surface area contributed by atoms with E-state index in [4.69, 9.17) is 9.47 Å². The predicted octanol–water partition coefficient (Wildman–Crippen LogP) is 14.4. The van der Waals surface area contributed by atoms with E-state index < -0.39 is 0 Å². The molecule has 0 aliphatic carbocycles. The van der Waals surface area contributed by atoms with Crippen LogP contribution in [0, 0.1) is 13.8 Å². The van der Waals surface area contributed by atoms with Crippen LogP contribution in [0.2, 0.25) is 0 Å². The highest BCUT2D eigenvalue weighted by molar-refractivity contribution is 6.30. The molecule has 0 amide bonds. The summed E-state index contributed by atoms with van der Waals surface area (Å²) in [7, 11) is 0. The zero-order valence-corrected chi connectivity index (χ0v) is 28.7. The van der Waals surface area contributed by atoms with Crippen LogP contribution >= 0.6 is 0 Å². The molecule has 0 saturated carbocycles. The second kappa shape index (κ2) is 9.99. The lowest BCUT2D eigenvalue weighted by Crippen LogP contribution is -1.99. The Labute approximate surface area is 300 Å². The molecule has 2 aliphatic heterocycles. The van der Waals surface area contributed by atoms with Crippen molar-refractivity contribution in [3.63, 3.8) is 0 Å². The van der Waals surface area contributed by atoms with E-state index in [1.807, 2.05) is 12.1 Å². The number of rotatable bonds is 2. The topological polar surface area (TPSA) is 18.5 Å². The summed E-state index contributed by atoms with van der Waals surface area (Å²) in [6.45, 7) is 4.52. The number of fused-ring (bicyclic) bond motifs is 4. The zero-order chi connectivity index (χ0) is 34.2. The molecule has 0 N–H and O–H groups in total. The molecule has 2 heteroatoms. The summed E-state index contributed by atoms with van der Waals surface area (Å²) in [5.74, 6) is 3.65. The molecule has 0 atom stereocenters. The van der Waals surface area contributed by atoms with Gasteiger partial charge in [-0.1, -0.05) is 121 Å². The van der Waals surface area contributed by atoms with Crippen LogP contribution in [-0.2, 0) is 0 Å². The molecule has 52 heavy (non-hydrogen) atoms. The predicted molar refractivity (Wildman–Crippen MR) is 217 cm³/mol. The quantitative estimate of drug-likeness (QED) is 0.172. The van der Waals surface area contributed by atoms with Gasteiger partial charge in [0, 0.05) is 21.9 Å². The number of hydrogen-bond donors (Lipinski definition) is 0. The van der Waals surface area contributed by atoms with Crippen molar-refractivity contribution in [2.75, 3.05) is 0 Å². The molecule has 0 fully saturated rings. The number of hydrogen-bond acceptors (Lipinski definition) is 2. The van der Waals surface area contributed by atoms with Gasteiger partial charge in [0.1, 0.15) is 23.0 Å². The summed E-state index contributed by atoms with van der Waals surface area (Å²) in [4.78, 5) is 0. The Balaban J connectivity index is 1.14. The van der Waals surface area contributed by atoms with Crippen molar-refractivity contribution in [3.8, 4) is 67.5 Å². The first-order chi connectivity index (χ1) is 25.6. The van der Waals surface area contributed by atoms with E-state index >= 15 is 0 Å². The standard InChI is InChI=1S/C50H30O2/c1-27-25-41(31-21-23-45-47-35(31)11-7-13-37(47)33-9-3-5-15-43(33)51-45)39-20-18-30-28(2)26-42(40-19-17-29(27)49(39)50(30)40)32-22-24-46-48-36(32)12-8-14-38(48)34-10-4-6-16-44(34)52-46/h3-26H,1-2H3. The van der Waals surface area contributed by atoms with Crippen LogP contribution in [-0.4, -0.2) is 0 Å². The van der Waals surface area contributed by atoms with E-state index in [2.05, 4.69) is 147 Å². The minimum Gasteiger partial charge on any atom is -0.456 e. The van der Waals surface area contributed by atoms with E-state index in [-0.39, 0.29) is 0 Å². The summed E-state index contributed by atoms with van der Waals surface area (Å²) in [6, 6.07) is 53.0. The molecule has 0 bridgehead atoms. The molecule has 0 spiro atoms.